The Kier molecular flexibility index (Phi) is 5.89. The van der Waals surface area contributed by atoms with Gasteiger partial charge in [0.1, 0.15) is 24.7 Å². The Morgan fingerprint density at radius 3 is 2.57 bits per heavy atom. The van der Waals surface area contributed by atoms with Crippen LogP contribution in [0.25, 0.3) is 0 Å². The zero-order valence-corrected chi connectivity index (χ0v) is 12.5. The minimum Gasteiger partial charge on any atom is -0.490 e. The first-order valence-corrected chi connectivity index (χ1v) is 7.37. The molecule has 2 aromatic rings. The predicted octanol–water partition coefficient (Wildman–Crippen LogP) is 4.78. The molecule has 0 aromatic heterocycles. The average molecular weight is 282 g/mol. The van der Waals surface area contributed by atoms with Crippen LogP contribution >= 0.6 is 0 Å². The molecular formula is C19H22O2. The van der Waals surface area contributed by atoms with Gasteiger partial charge in [0.15, 0.2) is 0 Å². The smallest absolute Gasteiger partial charge is 0.123 e. The van der Waals surface area contributed by atoms with E-state index in [-0.39, 0.29) is 0 Å². The molecule has 0 bridgehead atoms. The van der Waals surface area contributed by atoms with Crippen LogP contribution in [0.5, 0.6) is 11.5 Å². The van der Waals surface area contributed by atoms with E-state index in [9.17, 15) is 0 Å². The third-order valence-corrected chi connectivity index (χ3v) is 3.16. The second kappa shape index (κ2) is 8.15. The number of rotatable bonds is 8. The summed E-state index contributed by atoms with van der Waals surface area (Å²) < 4.78 is 11.5. The van der Waals surface area contributed by atoms with Crippen molar-refractivity contribution in [3.8, 4) is 11.5 Å². The molecule has 0 radical (unpaired) electrons. The molecule has 2 rings (SSSR count). The first kappa shape index (κ1) is 15.2. The number of aryl methyl sites for hydroxylation is 1. The largest absolute Gasteiger partial charge is 0.490 e. The zero-order valence-electron chi connectivity index (χ0n) is 12.5. The van der Waals surface area contributed by atoms with E-state index >= 15 is 0 Å². The molecule has 2 heteroatoms. The highest BCUT2D eigenvalue weighted by Gasteiger charge is 2.06. The standard InChI is InChI=1S/C19H22O2/c1-3-8-17-14-18(20-13-4-2)11-12-19(17)21-15-16-9-6-5-7-10-16/h4-7,9-12,14H,2-3,8,13,15H2,1H3. The Morgan fingerprint density at radius 1 is 1.05 bits per heavy atom. The van der Waals surface area contributed by atoms with E-state index in [2.05, 4.69) is 31.7 Å². The molecular weight excluding hydrogens is 260 g/mol. The van der Waals surface area contributed by atoms with E-state index < -0.39 is 0 Å². The van der Waals surface area contributed by atoms with Crippen molar-refractivity contribution in [1.29, 1.82) is 0 Å². The molecule has 0 unspecified atom stereocenters. The lowest BCUT2D eigenvalue weighted by Crippen LogP contribution is -2.00. The van der Waals surface area contributed by atoms with E-state index in [1.54, 1.807) is 6.08 Å². The van der Waals surface area contributed by atoms with Gasteiger partial charge in [-0.25, -0.2) is 0 Å². The number of hydrogen-bond acceptors (Lipinski definition) is 2. The summed E-state index contributed by atoms with van der Waals surface area (Å²) in [6.45, 7) is 6.94. The molecule has 0 aliphatic carbocycles. The lowest BCUT2D eigenvalue weighted by Gasteiger charge is -2.13. The molecule has 0 N–H and O–H groups in total. The second-order valence-electron chi connectivity index (χ2n) is 4.89. The fraction of sp³-hybridized carbons (Fsp3) is 0.263. The SMILES string of the molecule is C=CCOc1ccc(OCc2ccccc2)c(CCC)c1. The number of hydrogen-bond donors (Lipinski definition) is 0. The molecule has 0 fully saturated rings. The molecule has 0 aliphatic heterocycles. The van der Waals surface area contributed by atoms with Crippen molar-refractivity contribution in [3.05, 3.63) is 72.3 Å². The van der Waals surface area contributed by atoms with Gasteiger partial charge in [0.05, 0.1) is 0 Å². The van der Waals surface area contributed by atoms with Gasteiger partial charge in [-0.2, -0.15) is 0 Å². The Labute approximate surface area is 127 Å². The van der Waals surface area contributed by atoms with Gasteiger partial charge < -0.3 is 9.47 Å². The molecule has 0 saturated heterocycles. The molecule has 2 nitrogen and oxygen atoms in total. The molecule has 0 amide bonds. The third kappa shape index (κ3) is 4.67. The van der Waals surface area contributed by atoms with Crippen LogP contribution in [0.2, 0.25) is 0 Å². The van der Waals surface area contributed by atoms with Crippen molar-refractivity contribution in [2.24, 2.45) is 0 Å². The Morgan fingerprint density at radius 2 is 1.86 bits per heavy atom. The van der Waals surface area contributed by atoms with Gasteiger partial charge in [0, 0.05) is 0 Å². The van der Waals surface area contributed by atoms with Crippen LogP contribution in [0.3, 0.4) is 0 Å². The van der Waals surface area contributed by atoms with Crippen molar-refractivity contribution in [2.75, 3.05) is 6.61 Å². The summed E-state index contributed by atoms with van der Waals surface area (Å²) in [5.74, 6) is 1.80. The summed E-state index contributed by atoms with van der Waals surface area (Å²) in [6, 6.07) is 16.2. The van der Waals surface area contributed by atoms with Gasteiger partial charge in [0.2, 0.25) is 0 Å². The average Bonchev–Trinajstić information content (AvgIpc) is 2.53. The highest BCUT2D eigenvalue weighted by atomic mass is 16.5. The van der Waals surface area contributed by atoms with Gasteiger partial charge in [-0.3, -0.25) is 0 Å². The minimum absolute atomic E-state index is 0.524. The van der Waals surface area contributed by atoms with Crippen molar-refractivity contribution in [2.45, 2.75) is 26.4 Å². The predicted molar refractivity (Wildman–Crippen MR) is 86.9 cm³/mol. The summed E-state index contributed by atoms with van der Waals surface area (Å²) in [7, 11) is 0. The van der Waals surface area contributed by atoms with Crippen LogP contribution in [-0.4, -0.2) is 6.61 Å². The maximum Gasteiger partial charge on any atom is 0.123 e. The van der Waals surface area contributed by atoms with Crippen LogP contribution in [0.15, 0.2) is 61.2 Å². The molecule has 0 heterocycles. The Hall–Kier alpha value is -2.22. The highest BCUT2D eigenvalue weighted by Crippen LogP contribution is 2.26. The molecule has 110 valence electrons. The van der Waals surface area contributed by atoms with E-state index in [1.165, 1.54) is 11.1 Å². The maximum atomic E-state index is 5.96. The molecule has 2 aromatic carbocycles. The summed E-state index contributed by atoms with van der Waals surface area (Å²) in [4.78, 5) is 0. The molecule has 0 aliphatic rings. The first-order chi connectivity index (χ1) is 10.3. The van der Waals surface area contributed by atoms with Crippen LogP contribution in [0, 0.1) is 0 Å². The summed E-state index contributed by atoms with van der Waals surface area (Å²) in [6.07, 6.45) is 3.81. The molecule has 21 heavy (non-hydrogen) atoms. The van der Waals surface area contributed by atoms with Gasteiger partial charge in [0.25, 0.3) is 0 Å². The van der Waals surface area contributed by atoms with Crippen molar-refractivity contribution < 1.29 is 9.47 Å². The van der Waals surface area contributed by atoms with Gasteiger partial charge >= 0.3 is 0 Å². The van der Waals surface area contributed by atoms with Crippen LogP contribution < -0.4 is 9.47 Å². The normalized spacial score (nSPS) is 10.1. The lowest BCUT2D eigenvalue weighted by molar-refractivity contribution is 0.301. The first-order valence-electron chi connectivity index (χ1n) is 7.37. The molecule has 0 spiro atoms. The van der Waals surface area contributed by atoms with Crippen LogP contribution in [0.4, 0.5) is 0 Å². The van der Waals surface area contributed by atoms with E-state index in [4.69, 9.17) is 9.47 Å². The number of ether oxygens (including phenoxy) is 2. The molecule has 0 atom stereocenters. The van der Waals surface area contributed by atoms with Gasteiger partial charge in [-0.05, 0) is 35.7 Å². The van der Waals surface area contributed by atoms with E-state index in [1.807, 2.05) is 30.3 Å². The van der Waals surface area contributed by atoms with Crippen LogP contribution in [0.1, 0.15) is 24.5 Å². The fourth-order valence-electron chi connectivity index (χ4n) is 2.14. The zero-order chi connectivity index (χ0) is 14.9. The van der Waals surface area contributed by atoms with E-state index in [0.29, 0.717) is 13.2 Å². The number of benzene rings is 2. The monoisotopic (exact) mass is 282 g/mol. The quantitative estimate of drug-likeness (QED) is 0.648. The highest BCUT2D eigenvalue weighted by molar-refractivity contribution is 5.40. The van der Waals surface area contributed by atoms with Crippen molar-refractivity contribution in [1.82, 2.24) is 0 Å². The summed E-state index contributed by atoms with van der Waals surface area (Å²) in [5.41, 5.74) is 2.36. The maximum absolute atomic E-state index is 5.96. The fourth-order valence-corrected chi connectivity index (χ4v) is 2.14. The lowest BCUT2D eigenvalue weighted by atomic mass is 10.1. The third-order valence-electron chi connectivity index (χ3n) is 3.16. The minimum atomic E-state index is 0.524. The topological polar surface area (TPSA) is 18.5 Å². The van der Waals surface area contributed by atoms with Gasteiger partial charge in [-0.15, -0.1) is 0 Å². The van der Waals surface area contributed by atoms with Crippen molar-refractivity contribution >= 4 is 0 Å². The van der Waals surface area contributed by atoms with Crippen molar-refractivity contribution in [3.63, 3.8) is 0 Å². The Bertz CT molecular complexity index is 561. The molecule has 0 saturated carbocycles. The second-order valence-corrected chi connectivity index (χ2v) is 4.89. The summed E-state index contributed by atoms with van der Waals surface area (Å²) in [5, 5.41) is 0. The van der Waals surface area contributed by atoms with Gasteiger partial charge in [-0.1, -0.05) is 56.3 Å². The Balaban J connectivity index is 2.08. The summed E-state index contributed by atoms with van der Waals surface area (Å²) >= 11 is 0. The van der Waals surface area contributed by atoms with E-state index in [0.717, 1.165) is 24.3 Å². The van der Waals surface area contributed by atoms with Crippen LogP contribution in [-0.2, 0) is 13.0 Å².